The number of hydrogen-bond acceptors (Lipinski definition) is 2. The molecule has 2 fully saturated rings. The summed E-state index contributed by atoms with van der Waals surface area (Å²) in [4.78, 5) is 0. The maximum Gasteiger partial charge on any atom is 0.119 e. The molecule has 0 spiro atoms. The molecular weight excluding hydrogens is 320 g/mol. The van der Waals surface area contributed by atoms with Gasteiger partial charge in [0.15, 0.2) is 0 Å². The van der Waals surface area contributed by atoms with Crippen molar-refractivity contribution in [1.29, 1.82) is 0 Å². The van der Waals surface area contributed by atoms with Crippen molar-refractivity contribution in [3.05, 3.63) is 34.9 Å². The van der Waals surface area contributed by atoms with Gasteiger partial charge >= 0.3 is 0 Å². The van der Waals surface area contributed by atoms with Gasteiger partial charge in [0, 0.05) is 6.61 Å². The monoisotopic (exact) mass is 354 g/mol. The summed E-state index contributed by atoms with van der Waals surface area (Å²) in [5.74, 6) is 3.13. The van der Waals surface area contributed by atoms with Crippen LogP contribution < -0.4 is 4.74 Å². The molecule has 3 aliphatic carbocycles. The third-order valence-corrected chi connectivity index (χ3v) is 7.28. The van der Waals surface area contributed by atoms with Gasteiger partial charge in [0.1, 0.15) is 5.75 Å². The van der Waals surface area contributed by atoms with E-state index in [-0.39, 0.29) is 0 Å². The molecule has 0 amide bonds. The average molecular weight is 355 g/mol. The quantitative estimate of drug-likeness (QED) is 0.671. The molecule has 0 bridgehead atoms. The zero-order valence-corrected chi connectivity index (χ0v) is 16.9. The first-order valence-corrected chi connectivity index (χ1v) is 10.5. The number of aryl methyl sites for hydroxylation is 1. The molecule has 4 atom stereocenters. The molecule has 4 unspecified atom stereocenters. The summed E-state index contributed by atoms with van der Waals surface area (Å²) < 4.78 is 11.9. The summed E-state index contributed by atoms with van der Waals surface area (Å²) in [7, 11) is 1.76. The van der Waals surface area contributed by atoms with Gasteiger partial charge in [0.25, 0.3) is 0 Å². The second kappa shape index (κ2) is 7.03. The standard InChI is InChI=1S/C24H34O2/c1-16(2)15-26-23-10-9-22-21-8-6-18-14-20(25-4)7-5-17(18)13-19(21)11-12-24(22,23)3/h5,7,13-14,16,21-23H,6,8-12,15H2,1-4H3. The van der Waals surface area contributed by atoms with Gasteiger partial charge in [-0.2, -0.15) is 0 Å². The Kier molecular flexibility index (Phi) is 4.90. The van der Waals surface area contributed by atoms with Gasteiger partial charge in [-0.1, -0.05) is 38.5 Å². The van der Waals surface area contributed by atoms with Crippen molar-refractivity contribution >= 4 is 6.08 Å². The summed E-state index contributed by atoms with van der Waals surface area (Å²) in [5.41, 5.74) is 4.93. The number of allylic oxidation sites excluding steroid dienone is 1. The second-order valence-corrected chi connectivity index (χ2v) is 9.33. The molecule has 2 nitrogen and oxygen atoms in total. The Morgan fingerprint density at radius 2 is 2.00 bits per heavy atom. The molecule has 0 N–H and O–H groups in total. The van der Waals surface area contributed by atoms with Crippen molar-refractivity contribution in [2.45, 2.75) is 65.4 Å². The molecule has 142 valence electrons. The zero-order valence-electron chi connectivity index (χ0n) is 16.9. The smallest absolute Gasteiger partial charge is 0.119 e. The molecule has 0 saturated heterocycles. The molecule has 0 radical (unpaired) electrons. The van der Waals surface area contributed by atoms with Crippen LogP contribution >= 0.6 is 0 Å². The van der Waals surface area contributed by atoms with E-state index in [1.807, 2.05) is 0 Å². The van der Waals surface area contributed by atoms with Crippen molar-refractivity contribution in [2.24, 2.45) is 23.2 Å². The van der Waals surface area contributed by atoms with Crippen LogP contribution in [0.5, 0.6) is 5.75 Å². The number of methoxy groups -OCH3 is 1. The summed E-state index contributed by atoms with van der Waals surface area (Å²) in [6, 6.07) is 6.60. The number of rotatable bonds is 4. The molecule has 0 heterocycles. The predicted molar refractivity (Wildman–Crippen MR) is 107 cm³/mol. The lowest BCUT2D eigenvalue weighted by molar-refractivity contribution is -0.0562. The van der Waals surface area contributed by atoms with Gasteiger partial charge in [-0.25, -0.2) is 0 Å². The molecule has 1 aromatic carbocycles. The molecule has 0 aliphatic heterocycles. The van der Waals surface area contributed by atoms with Gasteiger partial charge in [0.2, 0.25) is 0 Å². The van der Waals surface area contributed by atoms with Crippen LogP contribution in [0.4, 0.5) is 0 Å². The fourth-order valence-corrected chi connectivity index (χ4v) is 5.82. The van der Waals surface area contributed by atoms with E-state index in [9.17, 15) is 0 Å². The molecule has 1 aromatic rings. The number of hydrogen-bond donors (Lipinski definition) is 0. The molecule has 0 aromatic heterocycles. The highest BCUT2D eigenvalue weighted by Crippen LogP contribution is 2.58. The first-order valence-electron chi connectivity index (χ1n) is 10.5. The third-order valence-electron chi connectivity index (χ3n) is 7.28. The van der Waals surface area contributed by atoms with Gasteiger partial charge in [-0.3, -0.25) is 0 Å². The zero-order chi connectivity index (χ0) is 18.3. The van der Waals surface area contributed by atoms with E-state index in [4.69, 9.17) is 9.47 Å². The second-order valence-electron chi connectivity index (χ2n) is 9.33. The Morgan fingerprint density at radius 1 is 1.15 bits per heavy atom. The van der Waals surface area contributed by atoms with E-state index in [0.717, 1.165) is 24.2 Å². The van der Waals surface area contributed by atoms with Crippen LogP contribution in [-0.2, 0) is 11.2 Å². The Labute approximate surface area is 159 Å². The van der Waals surface area contributed by atoms with Crippen LogP contribution in [0.2, 0.25) is 0 Å². The van der Waals surface area contributed by atoms with Gasteiger partial charge in [-0.15, -0.1) is 0 Å². The fraction of sp³-hybridized carbons (Fsp3) is 0.667. The molecule has 2 saturated carbocycles. The minimum absolute atomic E-state index is 0.366. The number of benzene rings is 1. The van der Waals surface area contributed by atoms with E-state index >= 15 is 0 Å². The molecule has 2 heteroatoms. The normalized spacial score (nSPS) is 33.1. The molecule has 3 aliphatic rings. The Balaban J connectivity index is 1.57. The first-order chi connectivity index (χ1) is 12.5. The minimum Gasteiger partial charge on any atom is -0.497 e. The summed E-state index contributed by atoms with van der Waals surface area (Å²) in [6.07, 6.45) is 10.5. The largest absolute Gasteiger partial charge is 0.497 e. The molecular formula is C24H34O2. The lowest BCUT2D eigenvalue weighted by atomic mass is 9.61. The lowest BCUT2D eigenvalue weighted by Crippen LogP contribution is -2.41. The maximum absolute atomic E-state index is 6.40. The van der Waals surface area contributed by atoms with Crippen LogP contribution in [0.3, 0.4) is 0 Å². The Bertz CT molecular complexity index is 689. The van der Waals surface area contributed by atoms with Gasteiger partial charge < -0.3 is 9.47 Å². The average Bonchev–Trinajstić information content (AvgIpc) is 2.84. The minimum atomic E-state index is 0.366. The van der Waals surface area contributed by atoms with Crippen LogP contribution in [-0.4, -0.2) is 19.8 Å². The van der Waals surface area contributed by atoms with Crippen molar-refractivity contribution in [3.63, 3.8) is 0 Å². The fourth-order valence-electron chi connectivity index (χ4n) is 5.82. The highest BCUT2D eigenvalue weighted by atomic mass is 16.5. The van der Waals surface area contributed by atoms with Crippen molar-refractivity contribution in [1.82, 2.24) is 0 Å². The summed E-state index contributed by atoms with van der Waals surface area (Å²) >= 11 is 0. The molecule has 26 heavy (non-hydrogen) atoms. The molecule has 4 rings (SSSR count). The van der Waals surface area contributed by atoms with E-state index in [2.05, 4.69) is 45.0 Å². The van der Waals surface area contributed by atoms with E-state index in [1.54, 1.807) is 12.7 Å². The lowest BCUT2D eigenvalue weighted by Gasteiger charge is -2.46. The van der Waals surface area contributed by atoms with E-state index < -0.39 is 0 Å². The van der Waals surface area contributed by atoms with Gasteiger partial charge in [0.05, 0.1) is 13.2 Å². The Hall–Kier alpha value is -1.28. The summed E-state index contributed by atoms with van der Waals surface area (Å²) in [5, 5.41) is 0. The van der Waals surface area contributed by atoms with Gasteiger partial charge in [-0.05, 0) is 85.0 Å². The number of fused-ring (bicyclic) bond motifs is 4. The van der Waals surface area contributed by atoms with E-state index in [1.165, 1.54) is 49.7 Å². The SMILES string of the molecule is COc1ccc2c(c1)CCC1C(=C2)CCC2(C)C(OCC(C)C)CCC12. The van der Waals surface area contributed by atoms with Crippen LogP contribution in [0.25, 0.3) is 6.08 Å². The topological polar surface area (TPSA) is 18.5 Å². The van der Waals surface area contributed by atoms with Crippen LogP contribution in [0.1, 0.15) is 64.0 Å². The van der Waals surface area contributed by atoms with E-state index in [0.29, 0.717) is 17.4 Å². The predicted octanol–water partition coefficient (Wildman–Crippen LogP) is 5.89. The highest BCUT2D eigenvalue weighted by molar-refractivity contribution is 5.60. The van der Waals surface area contributed by atoms with Crippen molar-refractivity contribution in [3.8, 4) is 5.75 Å². The van der Waals surface area contributed by atoms with Crippen LogP contribution in [0.15, 0.2) is 23.8 Å². The first kappa shape index (κ1) is 18.1. The van der Waals surface area contributed by atoms with Crippen LogP contribution in [0, 0.1) is 23.2 Å². The van der Waals surface area contributed by atoms with Crippen molar-refractivity contribution in [2.75, 3.05) is 13.7 Å². The maximum atomic E-state index is 6.40. The third kappa shape index (κ3) is 3.11. The summed E-state index contributed by atoms with van der Waals surface area (Å²) in [6.45, 7) is 7.94. The highest BCUT2D eigenvalue weighted by Gasteiger charge is 2.53. The number of ether oxygens (including phenoxy) is 2. The Morgan fingerprint density at radius 3 is 2.77 bits per heavy atom. The van der Waals surface area contributed by atoms with Crippen molar-refractivity contribution < 1.29 is 9.47 Å².